The SMILES string of the molecule is O=C(Nc1cccc2ccccc12)C1CCCN(Cc2nc(-c3ccc(F)cc3)no2)C1. The van der Waals surface area contributed by atoms with E-state index in [1.807, 2.05) is 42.5 Å². The van der Waals surface area contributed by atoms with Crippen molar-refractivity contribution in [2.45, 2.75) is 19.4 Å². The largest absolute Gasteiger partial charge is 0.338 e. The number of fused-ring (bicyclic) bond motifs is 1. The summed E-state index contributed by atoms with van der Waals surface area (Å²) in [5, 5.41) is 9.27. The molecule has 1 unspecified atom stereocenters. The van der Waals surface area contributed by atoms with Gasteiger partial charge >= 0.3 is 0 Å². The summed E-state index contributed by atoms with van der Waals surface area (Å²) in [6.45, 7) is 1.98. The van der Waals surface area contributed by atoms with Crippen LogP contribution in [0.4, 0.5) is 10.1 Å². The zero-order chi connectivity index (χ0) is 21.9. The van der Waals surface area contributed by atoms with Gasteiger partial charge in [-0.1, -0.05) is 41.6 Å². The van der Waals surface area contributed by atoms with Crippen LogP contribution in [0.15, 0.2) is 71.3 Å². The average molecular weight is 430 g/mol. The average Bonchev–Trinajstić information content (AvgIpc) is 3.28. The predicted molar refractivity (Wildman–Crippen MR) is 120 cm³/mol. The molecule has 0 aliphatic carbocycles. The topological polar surface area (TPSA) is 71.3 Å². The number of anilines is 1. The lowest BCUT2D eigenvalue weighted by atomic mass is 9.96. The second-order valence-corrected chi connectivity index (χ2v) is 8.11. The van der Waals surface area contributed by atoms with Crippen molar-refractivity contribution in [3.63, 3.8) is 0 Å². The second kappa shape index (κ2) is 8.88. The first-order valence-electron chi connectivity index (χ1n) is 10.8. The van der Waals surface area contributed by atoms with E-state index >= 15 is 0 Å². The summed E-state index contributed by atoms with van der Waals surface area (Å²) in [7, 11) is 0. The van der Waals surface area contributed by atoms with E-state index in [0.29, 0.717) is 30.4 Å². The van der Waals surface area contributed by atoms with Crippen LogP contribution >= 0.6 is 0 Å². The number of halogens is 1. The third-order valence-corrected chi connectivity index (χ3v) is 5.85. The first-order valence-corrected chi connectivity index (χ1v) is 10.8. The summed E-state index contributed by atoms with van der Waals surface area (Å²) in [6.07, 6.45) is 1.77. The zero-order valence-electron chi connectivity index (χ0n) is 17.5. The number of carbonyl (C=O) groups excluding carboxylic acids is 1. The van der Waals surface area contributed by atoms with Gasteiger partial charge in [0.15, 0.2) is 0 Å². The number of piperidine rings is 1. The third kappa shape index (κ3) is 4.38. The van der Waals surface area contributed by atoms with Crippen LogP contribution in [0.1, 0.15) is 18.7 Å². The normalized spacial score (nSPS) is 16.8. The van der Waals surface area contributed by atoms with Crippen molar-refractivity contribution in [3.05, 3.63) is 78.4 Å². The number of rotatable bonds is 5. The van der Waals surface area contributed by atoms with Crippen LogP contribution in [-0.4, -0.2) is 34.0 Å². The van der Waals surface area contributed by atoms with Crippen LogP contribution in [-0.2, 0) is 11.3 Å². The fourth-order valence-corrected chi connectivity index (χ4v) is 4.21. The first kappa shape index (κ1) is 20.3. The van der Waals surface area contributed by atoms with Gasteiger partial charge in [-0.25, -0.2) is 4.39 Å². The van der Waals surface area contributed by atoms with Crippen molar-refractivity contribution < 1.29 is 13.7 Å². The summed E-state index contributed by atoms with van der Waals surface area (Å²) in [6, 6.07) is 20.0. The van der Waals surface area contributed by atoms with E-state index in [4.69, 9.17) is 4.52 Å². The Morgan fingerprint density at radius 3 is 2.78 bits per heavy atom. The standard InChI is InChI=1S/C25H23FN4O2/c26-20-12-10-18(11-13-20)24-28-23(32-29-24)16-30-14-4-7-19(15-30)25(31)27-22-9-3-6-17-5-1-2-8-21(17)22/h1-3,5-6,8-13,19H,4,7,14-16H2,(H,27,31). The van der Waals surface area contributed by atoms with Crippen molar-refractivity contribution in [2.75, 3.05) is 18.4 Å². The molecule has 1 aliphatic rings. The van der Waals surface area contributed by atoms with Gasteiger partial charge in [0.2, 0.25) is 17.6 Å². The highest BCUT2D eigenvalue weighted by molar-refractivity contribution is 6.02. The molecule has 0 radical (unpaired) electrons. The number of hydrogen-bond donors (Lipinski definition) is 1. The summed E-state index contributed by atoms with van der Waals surface area (Å²) in [4.78, 5) is 19.6. The highest BCUT2D eigenvalue weighted by Gasteiger charge is 2.27. The Morgan fingerprint density at radius 1 is 1.09 bits per heavy atom. The molecule has 1 amide bonds. The molecule has 1 aromatic heterocycles. The Kier molecular flexibility index (Phi) is 5.64. The first-order chi connectivity index (χ1) is 15.7. The maximum absolute atomic E-state index is 13.1. The molecule has 2 heterocycles. The lowest BCUT2D eigenvalue weighted by molar-refractivity contribution is -0.121. The van der Waals surface area contributed by atoms with Crippen molar-refractivity contribution in [1.29, 1.82) is 0 Å². The molecular weight excluding hydrogens is 407 g/mol. The molecule has 0 bridgehead atoms. The highest BCUT2D eigenvalue weighted by Crippen LogP contribution is 2.26. The molecule has 3 aromatic carbocycles. The minimum absolute atomic E-state index is 0.0311. The van der Waals surface area contributed by atoms with E-state index in [1.54, 1.807) is 12.1 Å². The van der Waals surface area contributed by atoms with Gasteiger partial charge in [-0.3, -0.25) is 9.69 Å². The van der Waals surface area contributed by atoms with Gasteiger partial charge in [0.25, 0.3) is 0 Å². The van der Waals surface area contributed by atoms with Gasteiger partial charge in [-0.15, -0.1) is 0 Å². The second-order valence-electron chi connectivity index (χ2n) is 8.11. The predicted octanol–water partition coefficient (Wildman–Crippen LogP) is 4.88. The Bertz CT molecular complexity index is 1230. The lowest BCUT2D eigenvalue weighted by Crippen LogP contribution is -2.40. The molecule has 4 aromatic rings. The summed E-state index contributed by atoms with van der Waals surface area (Å²) < 4.78 is 18.5. The number of nitrogens with zero attached hydrogens (tertiary/aromatic N) is 3. The van der Waals surface area contributed by atoms with Gasteiger partial charge in [0.05, 0.1) is 12.5 Å². The van der Waals surface area contributed by atoms with E-state index in [-0.39, 0.29) is 17.6 Å². The molecule has 1 saturated heterocycles. The van der Waals surface area contributed by atoms with Crippen LogP contribution in [0, 0.1) is 11.7 Å². The monoisotopic (exact) mass is 430 g/mol. The van der Waals surface area contributed by atoms with Crippen molar-refractivity contribution in [2.24, 2.45) is 5.92 Å². The minimum Gasteiger partial charge on any atom is -0.338 e. The van der Waals surface area contributed by atoms with Crippen molar-refractivity contribution in [3.8, 4) is 11.4 Å². The maximum Gasteiger partial charge on any atom is 0.241 e. The van der Waals surface area contributed by atoms with Crippen LogP contribution in [0.2, 0.25) is 0 Å². The molecule has 1 fully saturated rings. The zero-order valence-corrected chi connectivity index (χ0v) is 17.5. The molecular formula is C25H23FN4O2. The quantitative estimate of drug-likeness (QED) is 0.489. The van der Waals surface area contributed by atoms with Gasteiger partial charge in [-0.05, 0) is 55.1 Å². The van der Waals surface area contributed by atoms with E-state index in [1.165, 1.54) is 12.1 Å². The molecule has 5 rings (SSSR count). The van der Waals surface area contributed by atoms with E-state index in [2.05, 4.69) is 20.4 Å². The smallest absolute Gasteiger partial charge is 0.241 e. The Morgan fingerprint density at radius 2 is 1.91 bits per heavy atom. The number of likely N-dealkylation sites (tertiary alicyclic amines) is 1. The minimum atomic E-state index is -0.307. The number of amides is 1. The third-order valence-electron chi connectivity index (χ3n) is 5.85. The van der Waals surface area contributed by atoms with Gasteiger partial charge < -0.3 is 9.84 Å². The van der Waals surface area contributed by atoms with Crippen LogP contribution < -0.4 is 5.32 Å². The molecule has 7 heteroatoms. The van der Waals surface area contributed by atoms with E-state index < -0.39 is 0 Å². The molecule has 1 N–H and O–H groups in total. The van der Waals surface area contributed by atoms with Crippen LogP contribution in [0.5, 0.6) is 0 Å². The molecule has 0 saturated carbocycles. The van der Waals surface area contributed by atoms with Crippen molar-refractivity contribution in [1.82, 2.24) is 15.0 Å². The van der Waals surface area contributed by atoms with Crippen LogP contribution in [0.3, 0.4) is 0 Å². The Hall–Kier alpha value is -3.58. The molecule has 0 spiro atoms. The molecule has 32 heavy (non-hydrogen) atoms. The summed E-state index contributed by atoms with van der Waals surface area (Å²) in [5.41, 5.74) is 1.54. The van der Waals surface area contributed by atoms with Crippen LogP contribution in [0.25, 0.3) is 22.2 Å². The summed E-state index contributed by atoms with van der Waals surface area (Å²) in [5.74, 6) is 0.533. The molecule has 162 valence electrons. The number of benzene rings is 3. The number of aromatic nitrogens is 2. The van der Waals surface area contributed by atoms with E-state index in [0.717, 1.165) is 35.8 Å². The lowest BCUT2D eigenvalue weighted by Gasteiger charge is -2.31. The van der Waals surface area contributed by atoms with Gasteiger partial charge in [-0.2, -0.15) is 4.98 Å². The van der Waals surface area contributed by atoms with Gasteiger partial charge in [0, 0.05) is 23.2 Å². The molecule has 6 nitrogen and oxygen atoms in total. The van der Waals surface area contributed by atoms with Crippen molar-refractivity contribution >= 4 is 22.4 Å². The Labute approximate surface area is 185 Å². The number of nitrogens with one attached hydrogen (secondary N) is 1. The fourth-order valence-electron chi connectivity index (χ4n) is 4.21. The van der Waals surface area contributed by atoms with E-state index in [9.17, 15) is 9.18 Å². The summed E-state index contributed by atoms with van der Waals surface area (Å²) >= 11 is 0. The number of hydrogen-bond acceptors (Lipinski definition) is 5. The molecule has 1 aliphatic heterocycles. The number of carbonyl (C=O) groups is 1. The Balaban J connectivity index is 1.23. The molecule has 1 atom stereocenters. The fraction of sp³-hybridized carbons (Fsp3) is 0.240. The van der Waals surface area contributed by atoms with Gasteiger partial charge in [0.1, 0.15) is 5.82 Å². The maximum atomic E-state index is 13.1. The highest BCUT2D eigenvalue weighted by atomic mass is 19.1.